The van der Waals surface area contributed by atoms with Gasteiger partial charge in [0.05, 0.1) is 11.0 Å². The van der Waals surface area contributed by atoms with E-state index in [0.29, 0.717) is 12.6 Å². The second-order valence-electron chi connectivity index (χ2n) is 3.97. The zero-order chi connectivity index (χ0) is 12.6. The van der Waals surface area contributed by atoms with Gasteiger partial charge in [-0.3, -0.25) is 10.1 Å². The van der Waals surface area contributed by atoms with Gasteiger partial charge in [-0.1, -0.05) is 0 Å². The maximum absolute atomic E-state index is 13.6. The number of hydrogen-bond acceptors (Lipinski definition) is 4. The van der Waals surface area contributed by atoms with Crippen molar-refractivity contribution in [2.24, 2.45) is 0 Å². The van der Waals surface area contributed by atoms with Crippen LogP contribution in [0.5, 0.6) is 0 Å². The van der Waals surface area contributed by atoms with Gasteiger partial charge < -0.3 is 10.6 Å². The number of nitrogens with one attached hydrogen (secondary N) is 2. The number of hydrogen-bond donors (Lipinski definition) is 2. The van der Waals surface area contributed by atoms with Crippen molar-refractivity contribution in [2.45, 2.75) is 19.5 Å². The Hall–Kier alpha value is -1.76. The molecule has 17 heavy (non-hydrogen) atoms. The highest BCUT2D eigenvalue weighted by Gasteiger charge is 2.27. The summed E-state index contributed by atoms with van der Waals surface area (Å²) in [5.41, 5.74) is -0.401. The highest BCUT2D eigenvalue weighted by molar-refractivity contribution is 5.67. The van der Waals surface area contributed by atoms with E-state index in [1.165, 1.54) is 0 Å². The molecule has 92 valence electrons. The molecule has 0 unspecified atom stereocenters. The van der Waals surface area contributed by atoms with E-state index in [-0.39, 0.29) is 23.8 Å². The number of anilines is 1. The largest absolute Gasteiger partial charge is 0.378 e. The van der Waals surface area contributed by atoms with Crippen molar-refractivity contribution in [2.75, 3.05) is 11.9 Å². The smallest absolute Gasteiger partial charge is 0.295 e. The molecule has 0 radical (unpaired) electrons. The van der Waals surface area contributed by atoms with E-state index in [1.54, 1.807) is 0 Å². The molecule has 1 aromatic rings. The second kappa shape index (κ2) is 4.25. The fraction of sp³-hybridized carbons (Fsp3) is 0.400. The molecule has 2 rings (SSSR count). The molecule has 0 fully saturated rings. The van der Waals surface area contributed by atoms with E-state index >= 15 is 0 Å². The summed E-state index contributed by atoms with van der Waals surface area (Å²) < 4.78 is 26.8. The van der Waals surface area contributed by atoms with Crippen LogP contribution < -0.4 is 10.6 Å². The molecule has 1 aliphatic rings. The first kappa shape index (κ1) is 11.7. The van der Waals surface area contributed by atoms with E-state index in [2.05, 4.69) is 10.6 Å². The summed E-state index contributed by atoms with van der Waals surface area (Å²) in [6.45, 7) is 2.33. The molecule has 0 aromatic heterocycles. The third-order valence-corrected chi connectivity index (χ3v) is 2.71. The Labute approximate surface area is 96.0 Å². The Morgan fingerprint density at radius 3 is 2.88 bits per heavy atom. The van der Waals surface area contributed by atoms with Gasteiger partial charge in [0.15, 0.2) is 11.6 Å². The molecule has 1 aromatic carbocycles. The average molecular weight is 243 g/mol. The Morgan fingerprint density at radius 2 is 2.24 bits per heavy atom. The van der Waals surface area contributed by atoms with E-state index in [1.807, 2.05) is 6.92 Å². The fourth-order valence-corrected chi connectivity index (χ4v) is 1.77. The number of rotatable bonds is 1. The van der Waals surface area contributed by atoms with Crippen LogP contribution in [0.4, 0.5) is 20.2 Å². The van der Waals surface area contributed by atoms with Crippen molar-refractivity contribution in [3.05, 3.63) is 33.4 Å². The van der Waals surface area contributed by atoms with Crippen molar-refractivity contribution in [3.8, 4) is 0 Å². The van der Waals surface area contributed by atoms with Crippen LogP contribution in [0.15, 0.2) is 6.07 Å². The lowest BCUT2D eigenvalue weighted by molar-refractivity contribution is -0.384. The molecule has 0 spiro atoms. The van der Waals surface area contributed by atoms with Crippen LogP contribution in [0, 0.1) is 21.7 Å². The van der Waals surface area contributed by atoms with Gasteiger partial charge in [0.25, 0.3) is 5.69 Å². The first-order valence-electron chi connectivity index (χ1n) is 5.13. The summed E-state index contributed by atoms with van der Waals surface area (Å²) >= 11 is 0. The summed E-state index contributed by atoms with van der Waals surface area (Å²) in [4.78, 5) is 10.1. The van der Waals surface area contributed by atoms with Gasteiger partial charge in [0.2, 0.25) is 0 Å². The molecule has 0 bridgehead atoms. The maximum Gasteiger partial charge on any atom is 0.295 e. The summed E-state index contributed by atoms with van der Waals surface area (Å²) in [6, 6.07) is 0.626. The maximum atomic E-state index is 13.6. The number of nitro benzene ring substituents is 1. The van der Waals surface area contributed by atoms with Gasteiger partial charge in [-0.15, -0.1) is 0 Å². The molecular weight excluding hydrogens is 232 g/mol. The average Bonchev–Trinajstić information content (AvgIpc) is 2.46. The zero-order valence-electron chi connectivity index (χ0n) is 9.09. The highest BCUT2D eigenvalue weighted by Crippen LogP contribution is 2.33. The van der Waals surface area contributed by atoms with Crippen LogP contribution in [0.1, 0.15) is 12.5 Å². The summed E-state index contributed by atoms with van der Waals surface area (Å²) in [7, 11) is 0. The number of benzene rings is 1. The topological polar surface area (TPSA) is 67.2 Å². The molecule has 0 saturated carbocycles. The second-order valence-corrected chi connectivity index (χ2v) is 3.97. The molecule has 5 nitrogen and oxygen atoms in total. The van der Waals surface area contributed by atoms with Gasteiger partial charge in [0, 0.05) is 24.7 Å². The third-order valence-electron chi connectivity index (χ3n) is 2.71. The van der Waals surface area contributed by atoms with Gasteiger partial charge in [-0.05, 0) is 6.92 Å². The van der Waals surface area contributed by atoms with Crippen LogP contribution >= 0.6 is 0 Å². The Kier molecular flexibility index (Phi) is 2.93. The standard InChI is InChI=1S/C10H11F2N3O2/c1-5-3-14-10-6(4-13-5)9(12)7(11)2-8(10)15(16)17/h2,5,13-14H,3-4H2,1H3/t5-/m0/s1. The lowest BCUT2D eigenvalue weighted by Gasteiger charge is -2.09. The molecule has 2 N–H and O–H groups in total. The summed E-state index contributed by atoms with van der Waals surface area (Å²) in [5, 5.41) is 16.5. The minimum Gasteiger partial charge on any atom is -0.378 e. The minimum absolute atomic E-state index is 0.0180. The Morgan fingerprint density at radius 1 is 1.53 bits per heavy atom. The Balaban J connectivity index is 2.59. The molecule has 0 saturated heterocycles. The lowest BCUT2D eigenvalue weighted by Crippen LogP contribution is -2.29. The monoisotopic (exact) mass is 243 g/mol. The quantitative estimate of drug-likeness (QED) is 0.582. The third kappa shape index (κ3) is 2.05. The first-order valence-corrected chi connectivity index (χ1v) is 5.13. The van der Waals surface area contributed by atoms with Gasteiger partial charge in [-0.2, -0.15) is 0 Å². The van der Waals surface area contributed by atoms with E-state index in [0.717, 1.165) is 0 Å². The number of halogens is 2. The number of nitrogens with zero attached hydrogens (tertiary/aromatic N) is 1. The zero-order valence-corrected chi connectivity index (χ0v) is 9.09. The molecular formula is C10H11F2N3O2. The summed E-state index contributed by atoms with van der Waals surface area (Å²) in [5.74, 6) is -2.24. The van der Waals surface area contributed by atoms with Crippen LogP contribution in [0.25, 0.3) is 0 Å². The Bertz CT molecular complexity index is 479. The molecule has 0 aliphatic carbocycles. The van der Waals surface area contributed by atoms with Crippen LogP contribution in [-0.4, -0.2) is 17.5 Å². The normalized spacial score (nSPS) is 19.1. The van der Waals surface area contributed by atoms with Gasteiger partial charge >= 0.3 is 0 Å². The van der Waals surface area contributed by atoms with Crippen molar-refractivity contribution < 1.29 is 13.7 Å². The number of nitro groups is 1. The van der Waals surface area contributed by atoms with E-state index in [4.69, 9.17) is 0 Å². The van der Waals surface area contributed by atoms with Gasteiger partial charge in [0.1, 0.15) is 5.69 Å². The van der Waals surface area contributed by atoms with Crippen molar-refractivity contribution in [1.82, 2.24) is 5.32 Å². The highest BCUT2D eigenvalue weighted by atomic mass is 19.2. The predicted octanol–water partition coefficient (Wildman–Crippen LogP) is 1.78. The predicted molar refractivity (Wildman–Crippen MR) is 57.8 cm³/mol. The minimum atomic E-state index is -1.20. The number of fused-ring (bicyclic) bond motifs is 1. The van der Waals surface area contributed by atoms with Crippen molar-refractivity contribution in [1.29, 1.82) is 0 Å². The van der Waals surface area contributed by atoms with E-state index in [9.17, 15) is 18.9 Å². The van der Waals surface area contributed by atoms with Crippen molar-refractivity contribution in [3.63, 3.8) is 0 Å². The van der Waals surface area contributed by atoms with Crippen LogP contribution in [-0.2, 0) is 6.54 Å². The van der Waals surface area contributed by atoms with E-state index < -0.39 is 22.2 Å². The molecule has 1 heterocycles. The van der Waals surface area contributed by atoms with Crippen LogP contribution in [0.2, 0.25) is 0 Å². The molecule has 1 aliphatic heterocycles. The van der Waals surface area contributed by atoms with Crippen molar-refractivity contribution >= 4 is 11.4 Å². The van der Waals surface area contributed by atoms with Crippen LogP contribution in [0.3, 0.4) is 0 Å². The lowest BCUT2D eigenvalue weighted by atomic mass is 10.1. The van der Waals surface area contributed by atoms with Gasteiger partial charge in [-0.25, -0.2) is 8.78 Å². The molecule has 0 amide bonds. The SMILES string of the molecule is C[C@H]1CNc2c([N+](=O)[O-])cc(F)c(F)c2CN1. The molecule has 1 atom stereocenters. The molecule has 7 heteroatoms. The summed E-state index contributed by atoms with van der Waals surface area (Å²) in [6.07, 6.45) is 0. The first-order chi connectivity index (χ1) is 8.00. The fourth-order valence-electron chi connectivity index (χ4n) is 1.77.